The Hall–Kier alpha value is -3.37. The molecule has 146 valence electrons. The zero-order valence-electron chi connectivity index (χ0n) is 15.8. The number of hydrogen-bond acceptors (Lipinski definition) is 6. The van der Waals surface area contributed by atoms with Gasteiger partial charge in [0.1, 0.15) is 23.1 Å². The number of hydrogen-bond donors (Lipinski definition) is 2. The SMILES string of the molecule is Cn1cc(Nc2cc(OC3CCCc4cc(C#N)c(Cl)nc43)ccc2C=N)cn1. The third-order valence-corrected chi connectivity index (χ3v) is 5.16. The summed E-state index contributed by atoms with van der Waals surface area (Å²) >= 11 is 6.15. The van der Waals surface area contributed by atoms with Gasteiger partial charge < -0.3 is 15.5 Å². The van der Waals surface area contributed by atoms with E-state index in [1.54, 1.807) is 10.9 Å². The Bertz CT molecular complexity index is 1120. The lowest BCUT2D eigenvalue weighted by Gasteiger charge is -2.26. The van der Waals surface area contributed by atoms with E-state index in [4.69, 9.17) is 21.7 Å². The Morgan fingerprint density at radius 1 is 1.41 bits per heavy atom. The van der Waals surface area contributed by atoms with Crippen LogP contribution in [0.2, 0.25) is 5.15 Å². The number of nitriles is 1. The molecule has 1 atom stereocenters. The van der Waals surface area contributed by atoms with Crippen LogP contribution in [0.3, 0.4) is 0 Å². The van der Waals surface area contributed by atoms with E-state index >= 15 is 0 Å². The number of halogens is 1. The normalized spacial score (nSPS) is 15.3. The molecular formula is C21H19ClN6O. The molecule has 8 heteroatoms. The summed E-state index contributed by atoms with van der Waals surface area (Å²) in [5.41, 5.74) is 4.51. The van der Waals surface area contributed by atoms with Crippen molar-refractivity contribution in [2.75, 3.05) is 5.32 Å². The van der Waals surface area contributed by atoms with Crippen LogP contribution in [0.25, 0.3) is 0 Å². The highest BCUT2D eigenvalue weighted by molar-refractivity contribution is 6.30. The molecule has 0 aliphatic heterocycles. The maximum atomic E-state index is 9.19. The summed E-state index contributed by atoms with van der Waals surface area (Å²) in [6.45, 7) is 0. The molecule has 0 amide bonds. The molecule has 2 heterocycles. The number of nitrogens with one attached hydrogen (secondary N) is 2. The van der Waals surface area contributed by atoms with Gasteiger partial charge in [0.2, 0.25) is 0 Å². The molecule has 0 fully saturated rings. The maximum absolute atomic E-state index is 9.19. The number of anilines is 2. The van der Waals surface area contributed by atoms with Gasteiger partial charge in [-0.05, 0) is 43.0 Å². The van der Waals surface area contributed by atoms with Crippen molar-refractivity contribution in [3.63, 3.8) is 0 Å². The van der Waals surface area contributed by atoms with Crippen LogP contribution in [0.1, 0.15) is 41.3 Å². The summed E-state index contributed by atoms with van der Waals surface area (Å²) in [4.78, 5) is 4.44. The quantitative estimate of drug-likeness (QED) is 0.478. The van der Waals surface area contributed by atoms with E-state index in [9.17, 15) is 5.26 Å². The van der Waals surface area contributed by atoms with Crippen molar-refractivity contribution in [2.24, 2.45) is 7.05 Å². The smallest absolute Gasteiger partial charge is 0.147 e. The predicted octanol–water partition coefficient (Wildman–Crippen LogP) is 4.54. The van der Waals surface area contributed by atoms with E-state index in [1.807, 2.05) is 37.5 Å². The number of fused-ring (bicyclic) bond motifs is 1. The number of rotatable bonds is 5. The van der Waals surface area contributed by atoms with Crippen molar-refractivity contribution < 1.29 is 4.74 Å². The molecule has 0 saturated carbocycles. The average Bonchev–Trinajstić information content (AvgIpc) is 3.13. The second kappa shape index (κ2) is 7.94. The predicted molar refractivity (Wildman–Crippen MR) is 111 cm³/mol. The van der Waals surface area contributed by atoms with Gasteiger partial charge >= 0.3 is 0 Å². The summed E-state index contributed by atoms with van der Waals surface area (Å²) < 4.78 is 7.96. The zero-order valence-corrected chi connectivity index (χ0v) is 16.6. The Kier molecular flexibility index (Phi) is 5.19. The highest BCUT2D eigenvalue weighted by Gasteiger charge is 2.25. The van der Waals surface area contributed by atoms with Crippen LogP contribution in [0.4, 0.5) is 11.4 Å². The largest absolute Gasteiger partial charge is 0.484 e. The monoisotopic (exact) mass is 406 g/mol. The van der Waals surface area contributed by atoms with Gasteiger partial charge in [-0.25, -0.2) is 4.98 Å². The molecule has 2 aromatic heterocycles. The second-order valence-corrected chi connectivity index (χ2v) is 7.26. The van der Waals surface area contributed by atoms with Gasteiger partial charge in [-0.3, -0.25) is 4.68 Å². The maximum Gasteiger partial charge on any atom is 0.147 e. The van der Waals surface area contributed by atoms with Crippen LogP contribution in [0, 0.1) is 16.7 Å². The summed E-state index contributed by atoms with van der Waals surface area (Å²) in [5, 5.41) is 24.5. The van der Waals surface area contributed by atoms with Crippen LogP contribution in [-0.2, 0) is 13.5 Å². The standard InChI is InChI=1S/C21H19ClN6O/c1-28-12-16(11-25-28)26-18-8-17(6-5-14(18)9-23)29-19-4-2-3-13-7-15(10-24)21(22)27-20(13)19/h5-9,11-12,19,23,26H,2-4H2,1H3. The molecular weight excluding hydrogens is 388 g/mol. The van der Waals surface area contributed by atoms with E-state index in [0.717, 1.165) is 47.5 Å². The number of pyridine rings is 1. The van der Waals surface area contributed by atoms with Crippen molar-refractivity contribution in [1.29, 1.82) is 10.7 Å². The van der Waals surface area contributed by atoms with Gasteiger partial charge in [0.15, 0.2) is 0 Å². The van der Waals surface area contributed by atoms with Gasteiger partial charge in [0.05, 0.1) is 28.8 Å². The van der Waals surface area contributed by atoms with E-state index in [0.29, 0.717) is 11.3 Å². The number of nitrogens with zero attached hydrogens (tertiary/aromatic N) is 4. The molecule has 1 aromatic carbocycles. The van der Waals surface area contributed by atoms with Crippen molar-refractivity contribution in [3.05, 3.63) is 64.2 Å². The van der Waals surface area contributed by atoms with E-state index < -0.39 is 0 Å². The molecule has 1 unspecified atom stereocenters. The van der Waals surface area contributed by atoms with Crippen LogP contribution >= 0.6 is 11.6 Å². The Labute approximate surface area is 173 Å². The Balaban J connectivity index is 1.62. The minimum Gasteiger partial charge on any atom is -0.484 e. The number of aromatic nitrogens is 3. The number of aryl methyl sites for hydroxylation is 2. The van der Waals surface area contributed by atoms with Gasteiger partial charge in [0.25, 0.3) is 0 Å². The molecule has 0 saturated heterocycles. The van der Waals surface area contributed by atoms with Crippen molar-refractivity contribution >= 4 is 29.2 Å². The fourth-order valence-electron chi connectivity index (χ4n) is 3.48. The molecule has 2 N–H and O–H groups in total. The fraction of sp³-hybridized carbons (Fsp3) is 0.238. The molecule has 3 aromatic rings. The molecule has 4 rings (SSSR count). The summed E-state index contributed by atoms with van der Waals surface area (Å²) in [6.07, 6.45) is 7.26. The van der Waals surface area contributed by atoms with Gasteiger partial charge in [-0.15, -0.1) is 0 Å². The molecule has 0 bridgehead atoms. The summed E-state index contributed by atoms with van der Waals surface area (Å²) in [7, 11) is 1.85. The lowest BCUT2D eigenvalue weighted by Crippen LogP contribution is -2.18. The third-order valence-electron chi connectivity index (χ3n) is 4.87. The zero-order chi connectivity index (χ0) is 20.4. The first kappa shape index (κ1) is 19.0. The van der Waals surface area contributed by atoms with Crippen LogP contribution in [0.15, 0.2) is 36.7 Å². The molecule has 1 aliphatic rings. The van der Waals surface area contributed by atoms with Crippen LogP contribution in [0.5, 0.6) is 5.75 Å². The molecule has 7 nitrogen and oxygen atoms in total. The summed E-state index contributed by atoms with van der Waals surface area (Å²) in [6, 6.07) is 9.44. The van der Waals surface area contributed by atoms with Crippen LogP contribution in [-0.4, -0.2) is 21.0 Å². The van der Waals surface area contributed by atoms with E-state index in [-0.39, 0.29) is 11.3 Å². The highest BCUT2D eigenvalue weighted by Crippen LogP contribution is 2.35. The topological polar surface area (TPSA) is 99.6 Å². The highest BCUT2D eigenvalue weighted by atomic mass is 35.5. The summed E-state index contributed by atoms with van der Waals surface area (Å²) in [5.74, 6) is 0.669. The first-order valence-corrected chi connectivity index (χ1v) is 9.61. The minimum atomic E-state index is -0.235. The second-order valence-electron chi connectivity index (χ2n) is 6.90. The lowest BCUT2D eigenvalue weighted by molar-refractivity contribution is 0.178. The molecule has 29 heavy (non-hydrogen) atoms. The average molecular weight is 407 g/mol. The van der Waals surface area contributed by atoms with E-state index in [1.165, 1.54) is 6.21 Å². The van der Waals surface area contributed by atoms with E-state index in [2.05, 4.69) is 21.5 Å². The fourth-order valence-corrected chi connectivity index (χ4v) is 3.67. The van der Waals surface area contributed by atoms with Crippen LogP contribution < -0.4 is 10.1 Å². The first-order valence-electron chi connectivity index (χ1n) is 9.23. The Morgan fingerprint density at radius 2 is 2.28 bits per heavy atom. The minimum absolute atomic E-state index is 0.208. The van der Waals surface area contributed by atoms with Gasteiger partial charge in [-0.2, -0.15) is 10.4 Å². The third kappa shape index (κ3) is 3.93. The van der Waals surface area contributed by atoms with Gasteiger partial charge in [-0.1, -0.05) is 11.6 Å². The van der Waals surface area contributed by atoms with Crippen molar-refractivity contribution in [1.82, 2.24) is 14.8 Å². The van der Waals surface area contributed by atoms with Crippen molar-refractivity contribution in [3.8, 4) is 11.8 Å². The lowest BCUT2D eigenvalue weighted by atomic mass is 9.92. The van der Waals surface area contributed by atoms with Crippen molar-refractivity contribution in [2.45, 2.75) is 25.4 Å². The molecule has 0 spiro atoms. The first-order chi connectivity index (χ1) is 14.1. The molecule has 0 radical (unpaired) electrons. The Morgan fingerprint density at radius 3 is 3.00 bits per heavy atom. The molecule has 1 aliphatic carbocycles. The number of benzene rings is 1. The number of ether oxygens (including phenoxy) is 1. The van der Waals surface area contributed by atoms with Gasteiger partial charge in [0, 0.05) is 31.1 Å².